The van der Waals surface area contributed by atoms with E-state index >= 15 is 0 Å². The molecule has 1 unspecified atom stereocenters. The van der Waals surface area contributed by atoms with Gasteiger partial charge in [0.15, 0.2) is 0 Å². The van der Waals surface area contributed by atoms with Crippen LogP contribution in [0.15, 0.2) is 42.5 Å². The Balaban J connectivity index is 2.03. The van der Waals surface area contributed by atoms with Crippen LogP contribution in [0.4, 0.5) is 18.9 Å². The third-order valence-corrected chi connectivity index (χ3v) is 3.78. The molecule has 0 bridgehead atoms. The summed E-state index contributed by atoms with van der Waals surface area (Å²) in [4.78, 5) is 0. The van der Waals surface area contributed by atoms with Crippen molar-refractivity contribution in [2.75, 3.05) is 11.9 Å². The van der Waals surface area contributed by atoms with Crippen molar-refractivity contribution >= 4 is 5.69 Å². The molecule has 1 heterocycles. The lowest BCUT2D eigenvalue weighted by Gasteiger charge is -2.28. The minimum Gasteiger partial charge on any atom is -0.508 e. The molecule has 21 heavy (non-hydrogen) atoms. The third kappa shape index (κ3) is 2.68. The van der Waals surface area contributed by atoms with Gasteiger partial charge in [-0.1, -0.05) is 18.2 Å². The largest absolute Gasteiger partial charge is 0.508 e. The van der Waals surface area contributed by atoms with Crippen LogP contribution in [0.3, 0.4) is 0 Å². The Morgan fingerprint density at radius 1 is 1.10 bits per heavy atom. The molecular weight excluding hydrogens is 279 g/mol. The molecule has 2 aromatic rings. The van der Waals surface area contributed by atoms with E-state index in [1.54, 1.807) is 18.2 Å². The molecule has 5 heteroatoms. The fourth-order valence-corrected chi connectivity index (χ4v) is 2.78. The number of halogens is 3. The number of fused-ring (bicyclic) bond motifs is 1. The normalized spacial score (nSPS) is 18.0. The van der Waals surface area contributed by atoms with E-state index in [0.29, 0.717) is 12.2 Å². The fraction of sp³-hybridized carbons (Fsp3) is 0.250. The van der Waals surface area contributed by atoms with Gasteiger partial charge in [0.25, 0.3) is 0 Å². The van der Waals surface area contributed by atoms with E-state index in [2.05, 4.69) is 5.32 Å². The van der Waals surface area contributed by atoms with Crippen molar-refractivity contribution in [3.05, 3.63) is 59.2 Å². The molecule has 2 nitrogen and oxygen atoms in total. The van der Waals surface area contributed by atoms with Gasteiger partial charge in [-0.3, -0.25) is 0 Å². The Kier molecular flexibility index (Phi) is 3.27. The molecule has 0 saturated heterocycles. The van der Waals surface area contributed by atoms with Gasteiger partial charge in [0.05, 0.1) is 5.56 Å². The molecule has 2 aromatic carbocycles. The van der Waals surface area contributed by atoms with Crippen LogP contribution >= 0.6 is 0 Å². The Bertz CT molecular complexity index is 667. The molecule has 0 aliphatic carbocycles. The molecule has 1 atom stereocenters. The van der Waals surface area contributed by atoms with E-state index in [9.17, 15) is 18.3 Å². The van der Waals surface area contributed by atoms with Crippen LogP contribution in [0, 0.1) is 0 Å². The second-order valence-electron chi connectivity index (χ2n) is 5.16. The number of alkyl halides is 3. The Labute approximate surface area is 120 Å². The topological polar surface area (TPSA) is 32.3 Å². The molecule has 0 aromatic heterocycles. The van der Waals surface area contributed by atoms with Gasteiger partial charge in [-0.05, 0) is 41.8 Å². The van der Waals surface area contributed by atoms with Gasteiger partial charge in [-0.25, -0.2) is 0 Å². The summed E-state index contributed by atoms with van der Waals surface area (Å²) in [6.45, 7) is 0.606. The first kappa shape index (κ1) is 13.8. The molecular formula is C16H14F3NO. The fourth-order valence-electron chi connectivity index (χ4n) is 2.78. The minimum absolute atomic E-state index is 0.00404. The highest BCUT2D eigenvalue weighted by Crippen LogP contribution is 2.40. The van der Waals surface area contributed by atoms with Gasteiger partial charge in [-0.2, -0.15) is 13.2 Å². The molecule has 0 amide bonds. The van der Waals surface area contributed by atoms with Gasteiger partial charge < -0.3 is 10.4 Å². The van der Waals surface area contributed by atoms with Crippen molar-refractivity contribution in [2.45, 2.75) is 18.5 Å². The summed E-state index contributed by atoms with van der Waals surface area (Å²) in [5, 5.41) is 12.6. The van der Waals surface area contributed by atoms with Crippen LogP contribution in [0.1, 0.15) is 29.0 Å². The van der Waals surface area contributed by atoms with Crippen LogP contribution in [0.2, 0.25) is 0 Å². The standard InChI is InChI=1S/C16H14F3NO/c17-16(18,19)11-4-5-14-13(6-7-20-15(14)9-11)10-2-1-3-12(21)8-10/h1-5,8-9,13,20-21H,6-7H2. The molecule has 0 fully saturated rings. The number of anilines is 1. The number of phenols is 1. The molecule has 1 aliphatic rings. The smallest absolute Gasteiger partial charge is 0.416 e. The summed E-state index contributed by atoms with van der Waals surface area (Å²) in [5.41, 5.74) is 1.62. The zero-order valence-electron chi connectivity index (χ0n) is 11.1. The van der Waals surface area contributed by atoms with Crippen LogP contribution in [-0.4, -0.2) is 11.7 Å². The summed E-state index contributed by atoms with van der Waals surface area (Å²) in [6, 6.07) is 10.7. The lowest BCUT2D eigenvalue weighted by molar-refractivity contribution is -0.137. The molecule has 0 radical (unpaired) electrons. The average Bonchev–Trinajstić information content (AvgIpc) is 2.45. The van der Waals surface area contributed by atoms with Crippen molar-refractivity contribution in [2.24, 2.45) is 0 Å². The zero-order valence-corrected chi connectivity index (χ0v) is 11.1. The number of aromatic hydroxyl groups is 1. The van der Waals surface area contributed by atoms with Crippen molar-refractivity contribution in [3.8, 4) is 5.75 Å². The van der Waals surface area contributed by atoms with E-state index in [4.69, 9.17) is 0 Å². The van der Waals surface area contributed by atoms with Crippen LogP contribution < -0.4 is 5.32 Å². The second kappa shape index (κ2) is 4.98. The Morgan fingerprint density at radius 2 is 1.90 bits per heavy atom. The van der Waals surface area contributed by atoms with Crippen LogP contribution in [0.5, 0.6) is 5.75 Å². The number of hydrogen-bond acceptors (Lipinski definition) is 2. The Morgan fingerprint density at radius 3 is 2.62 bits per heavy atom. The SMILES string of the molecule is Oc1cccc(C2CCNc3cc(C(F)(F)F)ccc32)c1. The maximum Gasteiger partial charge on any atom is 0.416 e. The lowest BCUT2D eigenvalue weighted by Crippen LogP contribution is -2.18. The molecule has 0 spiro atoms. The predicted octanol–water partition coefficient (Wildman–Crippen LogP) is 4.36. The van der Waals surface area contributed by atoms with Gasteiger partial charge in [0, 0.05) is 18.2 Å². The van der Waals surface area contributed by atoms with Crippen molar-refractivity contribution < 1.29 is 18.3 Å². The molecule has 3 rings (SSSR count). The number of phenolic OH excluding ortho intramolecular Hbond substituents is 1. The summed E-state index contributed by atoms with van der Waals surface area (Å²) in [7, 11) is 0. The highest BCUT2D eigenvalue weighted by molar-refractivity contribution is 5.59. The molecule has 110 valence electrons. The van der Waals surface area contributed by atoms with Gasteiger partial charge in [-0.15, -0.1) is 0 Å². The first-order valence-electron chi connectivity index (χ1n) is 6.69. The third-order valence-electron chi connectivity index (χ3n) is 3.78. The zero-order chi connectivity index (χ0) is 15.0. The molecule has 1 aliphatic heterocycles. The van der Waals surface area contributed by atoms with Gasteiger partial charge >= 0.3 is 6.18 Å². The van der Waals surface area contributed by atoms with Crippen molar-refractivity contribution in [1.82, 2.24) is 0 Å². The first-order chi connectivity index (χ1) is 9.95. The Hall–Kier alpha value is -2.17. The van der Waals surface area contributed by atoms with E-state index in [1.807, 2.05) is 6.07 Å². The maximum atomic E-state index is 12.8. The quantitative estimate of drug-likeness (QED) is 0.819. The van der Waals surface area contributed by atoms with E-state index in [0.717, 1.165) is 29.7 Å². The van der Waals surface area contributed by atoms with E-state index in [-0.39, 0.29) is 11.7 Å². The van der Waals surface area contributed by atoms with Crippen LogP contribution in [0.25, 0.3) is 0 Å². The predicted molar refractivity (Wildman–Crippen MR) is 74.5 cm³/mol. The first-order valence-corrected chi connectivity index (χ1v) is 6.69. The summed E-state index contributed by atoms with van der Waals surface area (Å²) in [6.07, 6.45) is -3.56. The maximum absolute atomic E-state index is 12.8. The molecule has 2 N–H and O–H groups in total. The monoisotopic (exact) mass is 293 g/mol. The van der Waals surface area contributed by atoms with E-state index < -0.39 is 11.7 Å². The highest BCUT2D eigenvalue weighted by Gasteiger charge is 2.32. The van der Waals surface area contributed by atoms with Gasteiger partial charge in [0.2, 0.25) is 0 Å². The number of benzene rings is 2. The summed E-state index contributed by atoms with van der Waals surface area (Å²) >= 11 is 0. The molecule has 0 saturated carbocycles. The summed E-state index contributed by atoms with van der Waals surface area (Å²) < 4.78 is 38.3. The lowest BCUT2D eigenvalue weighted by atomic mass is 9.84. The number of rotatable bonds is 1. The second-order valence-corrected chi connectivity index (χ2v) is 5.16. The van der Waals surface area contributed by atoms with Crippen LogP contribution in [-0.2, 0) is 6.18 Å². The minimum atomic E-state index is -4.34. The highest BCUT2D eigenvalue weighted by atomic mass is 19.4. The summed E-state index contributed by atoms with van der Waals surface area (Å²) in [5.74, 6) is 0.162. The number of hydrogen-bond donors (Lipinski definition) is 2. The van der Waals surface area contributed by atoms with E-state index in [1.165, 1.54) is 6.07 Å². The van der Waals surface area contributed by atoms with Crippen molar-refractivity contribution in [1.29, 1.82) is 0 Å². The van der Waals surface area contributed by atoms with Crippen molar-refractivity contribution in [3.63, 3.8) is 0 Å². The average molecular weight is 293 g/mol. The number of nitrogens with one attached hydrogen (secondary N) is 1. The van der Waals surface area contributed by atoms with Gasteiger partial charge in [0.1, 0.15) is 5.75 Å².